The number of aromatic nitrogens is 1. The number of hydrogen-bond donors (Lipinski definition) is 1. The summed E-state index contributed by atoms with van der Waals surface area (Å²) in [7, 11) is 1.89. The lowest BCUT2D eigenvalue weighted by Gasteiger charge is -2.36. The molecule has 0 bridgehead atoms. The number of nitrogens with one attached hydrogen (secondary N) is 1. The van der Waals surface area contributed by atoms with E-state index in [4.69, 9.17) is 0 Å². The van der Waals surface area contributed by atoms with Crippen molar-refractivity contribution in [1.82, 2.24) is 15.2 Å². The number of piperidine rings is 1. The van der Waals surface area contributed by atoms with Crippen molar-refractivity contribution < 1.29 is 4.79 Å². The molecule has 2 rings (SSSR count). The highest BCUT2D eigenvalue weighted by Gasteiger charge is 2.36. The van der Waals surface area contributed by atoms with E-state index >= 15 is 0 Å². The molecule has 0 unspecified atom stereocenters. The minimum Gasteiger partial charge on any atom is -0.345 e. The van der Waals surface area contributed by atoms with Gasteiger partial charge in [-0.15, -0.1) is 0 Å². The van der Waals surface area contributed by atoms with Crippen molar-refractivity contribution in [3.8, 4) is 0 Å². The monoisotopic (exact) mass is 261 g/mol. The average molecular weight is 261 g/mol. The first-order valence-electron chi connectivity index (χ1n) is 6.98. The van der Waals surface area contributed by atoms with E-state index in [0.717, 1.165) is 44.6 Å². The second-order valence-electron chi connectivity index (χ2n) is 5.64. The first-order valence-corrected chi connectivity index (χ1v) is 6.98. The number of carbonyl (C=O) groups is 1. The van der Waals surface area contributed by atoms with Gasteiger partial charge in [0.2, 0.25) is 5.91 Å². The van der Waals surface area contributed by atoms with Gasteiger partial charge in [0.05, 0.1) is 5.41 Å². The summed E-state index contributed by atoms with van der Waals surface area (Å²) in [5.41, 5.74) is 0.797. The lowest BCUT2D eigenvalue weighted by molar-refractivity contribution is -0.140. The van der Waals surface area contributed by atoms with Crippen LogP contribution in [0.5, 0.6) is 0 Å². The highest BCUT2D eigenvalue weighted by atomic mass is 16.2. The second kappa shape index (κ2) is 6.15. The van der Waals surface area contributed by atoms with Crippen molar-refractivity contribution in [3.63, 3.8) is 0 Å². The average Bonchev–Trinajstić information content (AvgIpc) is 2.46. The predicted molar refractivity (Wildman–Crippen MR) is 75.8 cm³/mol. The molecule has 19 heavy (non-hydrogen) atoms. The van der Waals surface area contributed by atoms with E-state index in [0.29, 0.717) is 0 Å². The third kappa shape index (κ3) is 3.53. The van der Waals surface area contributed by atoms with Gasteiger partial charge in [0.1, 0.15) is 0 Å². The Hall–Kier alpha value is -1.42. The van der Waals surface area contributed by atoms with Crippen LogP contribution in [-0.4, -0.2) is 42.5 Å². The lowest BCUT2D eigenvalue weighted by atomic mass is 9.81. The lowest BCUT2D eigenvalue weighted by Crippen LogP contribution is -2.49. The Kier molecular flexibility index (Phi) is 4.53. The Balaban J connectivity index is 1.88. The van der Waals surface area contributed by atoms with Crippen LogP contribution in [0.15, 0.2) is 24.4 Å². The summed E-state index contributed by atoms with van der Waals surface area (Å²) in [5, 5.41) is 3.33. The van der Waals surface area contributed by atoms with Crippen molar-refractivity contribution in [2.45, 2.75) is 26.2 Å². The summed E-state index contributed by atoms with van der Waals surface area (Å²) < 4.78 is 0. The van der Waals surface area contributed by atoms with E-state index in [1.54, 1.807) is 6.20 Å². The van der Waals surface area contributed by atoms with Gasteiger partial charge in [-0.25, -0.2) is 0 Å². The van der Waals surface area contributed by atoms with Crippen LogP contribution >= 0.6 is 0 Å². The maximum atomic E-state index is 12.5. The highest BCUT2D eigenvalue weighted by Crippen LogP contribution is 2.27. The molecule has 1 aliphatic rings. The van der Waals surface area contributed by atoms with Crippen LogP contribution in [0.2, 0.25) is 0 Å². The van der Waals surface area contributed by atoms with Crippen LogP contribution in [0.4, 0.5) is 0 Å². The first-order chi connectivity index (χ1) is 9.12. The normalized spacial score (nSPS) is 23.1. The molecule has 0 saturated carbocycles. The molecule has 1 N–H and O–H groups in total. The van der Waals surface area contributed by atoms with Crippen molar-refractivity contribution in [2.24, 2.45) is 5.41 Å². The van der Waals surface area contributed by atoms with E-state index < -0.39 is 0 Å². The Bertz CT molecular complexity index is 413. The summed E-state index contributed by atoms with van der Waals surface area (Å²) in [6.07, 6.45) is 4.67. The minimum atomic E-state index is -0.239. The van der Waals surface area contributed by atoms with Crippen LogP contribution in [0.25, 0.3) is 0 Å². The molecule has 1 aliphatic heterocycles. The number of carbonyl (C=O) groups excluding carboxylic acids is 1. The Morgan fingerprint density at radius 1 is 1.53 bits per heavy atom. The highest BCUT2D eigenvalue weighted by molar-refractivity contribution is 5.82. The van der Waals surface area contributed by atoms with Crippen LogP contribution in [0.1, 0.15) is 25.5 Å². The molecular formula is C15H23N3O. The largest absolute Gasteiger partial charge is 0.345 e. The molecule has 104 valence electrons. The molecule has 0 aromatic carbocycles. The van der Waals surface area contributed by atoms with E-state index in [1.807, 2.05) is 30.1 Å². The minimum absolute atomic E-state index is 0.239. The third-order valence-electron chi connectivity index (χ3n) is 3.89. The molecule has 0 spiro atoms. The Morgan fingerprint density at radius 3 is 3.00 bits per heavy atom. The SMILES string of the molecule is CN(CCc1ccccn1)C(=O)[C@@]1(C)CCCNC1. The van der Waals surface area contributed by atoms with E-state index in [2.05, 4.69) is 17.2 Å². The zero-order chi connectivity index (χ0) is 13.7. The van der Waals surface area contributed by atoms with Crippen LogP contribution in [0, 0.1) is 5.41 Å². The van der Waals surface area contributed by atoms with E-state index in [9.17, 15) is 4.79 Å². The topological polar surface area (TPSA) is 45.2 Å². The molecule has 2 heterocycles. The summed E-state index contributed by atoms with van der Waals surface area (Å²) in [6, 6.07) is 5.89. The van der Waals surface area contributed by atoms with Gasteiger partial charge >= 0.3 is 0 Å². The molecule has 1 fully saturated rings. The van der Waals surface area contributed by atoms with Crippen LogP contribution < -0.4 is 5.32 Å². The summed E-state index contributed by atoms with van der Waals surface area (Å²) in [6.45, 7) is 4.62. The van der Waals surface area contributed by atoms with Crippen molar-refractivity contribution in [1.29, 1.82) is 0 Å². The Labute approximate surface area is 115 Å². The van der Waals surface area contributed by atoms with Gasteiger partial charge in [0, 0.05) is 38.4 Å². The van der Waals surface area contributed by atoms with Gasteiger partial charge in [-0.3, -0.25) is 9.78 Å². The molecular weight excluding hydrogens is 238 g/mol. The van der Waals surface area contributed by atoms with Crippen molar-refractivity contribution >= 4 is 5.91 Å². The molecule has 4 nitrogen and oxygen atoms in total. The smallest absolute Gasteiger partial charge is 0.229 e. The first kappa shape index (κ1) is 14.0. The number of amides is 1. The predicted octanol–water partition coefficient (Wildman–Crippen LogP) is 1.47. The fourth-order valence-corrected chi connectivity index (χ4v) is 2.63. The number of likely N-dealkylation sites (N-methyl/N-ethyl adjacent to an activating group) is 1. The van der Waals surface area contributed by atoms with E-state index in [-0.39, 0.29) is 11.3 Å². The summed E-state index contributed by atoms with van der Waals surface area (Å²) in [5.74, 6) is 0.246. The van der Waals surface area contributed by atoms with Gasteiger partial charge in [-0.1, -0.05) is 6.07 Å². The zero-order valence-corrected chi connectivity index (χ0v) is 11.9. The van der Waals surface area contributed by atoms with Crippen molar-refractivity contribution in [3.05, 3.63) is 30.1 Å². The van der Waals surface area contributed by atoms with Gasteiger partial charge in [-0.05, 0) is 38.4 Å². The number of rotatable bonds is 4. The number of pyridine rings is 1. The molecule has 4 heteroatoms. The fourth-order valence-electron chi connectivity index (χ4n) is 2.63. The maximum Gasteiger partial charge on any atom is 0.229 e. The van der Waals surface area contributed by atoms with Crippen molar-refractivity contribution in [2.75, 3.05) is 26.7 Å². The molecule has 1 saturated heterocycles. The quantitative estimate of drug-likeness (QED) is 0.893. The standard InChI is InChI=1S/C15H23N3O/c1-15(8-5-9-16-12-15)14(19)18(2)11-7-13-6-3-4-10-17-13/h3-4,6,10,16H,5,7-9,11-12H2,1-2H3/t15-/m0/s1. The van der Waals surface area contributed by atoms with Gasteiger partial charge in [0.15, 0.2) is 0 Å². The van der Waals surface area contributed by atoms with Crippen LogP contribution in [-0.2, 0) is 11.2 Å². The number of hydrogen-bond acceptors (Lipinski definition) is 3. The fraction of sp³-hybridized carbons (Fsp3) is 0.600. The maximum absolute atomic E-state index is 12.5. The molecule has 1 atom stereocenters. The molecule has 1 aromatic heterocycles. The van der Waals surface area contributed by atoms with Gasteiger partial charge < -0.3 is 10.2 Å². The molecule has 0 aliphatic carbocycles. The summed E-state index contributed by atoms with van der Waals surface area (Å²) in [4.78, 5) is 18.6. The molecule has 1 aromatic rings. The molecule has 0 radical (unpaired) electrons. The van der Waals surface area contributed by atoms with Gasteiger partial charge in [-0.2, -0.15) is 0 Å². The molecule has 1 amide bonds. The Morgan fingerprint density at radius 2 is 2.37 bits per heavy atom. The van der Waals surface area contributed by atoms with Crippen LogP contribution in [0.3, 0.4) is 0 Å². The van der Waals surface area contributed by atoms with E-state index in [1.165, 1.54) is 0 Å². The second-order valence-corrected chi connectivity index (χ2v) is 5.64. The number of nitrogens with zero attached hydrogens (tertiary/aromatic N) is 2. The summed E-state index contributed by atoms with van der Waals surface area (Å²) >= 11 is 0. The zero-order valence-electron chi connectivity index (χ0n) is 11.9. The third-order valence-corrected chi connectivity index (χ3v) is 3.89. The van der Waals surface area contributed by atoms with Gasteiger partial charge in [0.25, 0.3) is 0 Å².